The summed E-state index contributed by atoms with van der Waals surface area (Å²) in [5, 5.41) is 3.50. The molecule has 4 rings (SSSR count). The number of rotatable bonds is 6. The van der Waals surface area contributed by atoms with Crippen molar-refractivity contribution in [3.05, 3.63) is 77.9 Å². The van der Waals surface area contributed by atoms with Gasteiger partial charge in [0.2, 0.25) is 0 Å². The molecule has 6 heteroatoms. The van der Waals surface area contributed by atoms with Gasteiger partial charge in [-0.05, 0) is 48.9 Å². The molecular formula is C24H24N2O4. The average molecular weight is 404 g/mol. The maximum atomic E-state index is 13.6. The summed E-state index contributed by atoms with van der Waals surface area (Å²) < 4.78 is 16.7. The van der Waals surface area contributed by atoms with E-state index in [4.69, 9.17) is 14.2 Å². The second kappa shape index (κ2) is 8.37. The number of hydrogen-bond acceptors (Lipinski definition) is 5. The summed E-state index contributed by atoms with van der Waals surface area (Å²) in [4.78, 5) is 15.3. The predicted octanol–water partition coefficient (Wildman–Crippen LogP) is 4.87. The van der Waals surface area contributed by atoms with E-state index in [0.717, 1.165) is 11.3 Å². The van der Waals surface area contributed by atoms with Gasteiger partial charge in [-0.2, -0.15) is 0 Å². The molecule has 3 aromatic rings. The van der Waals surface area contributed by atoms with E-state index in [-0.39, 0.29) is 5.91 Å². The molecule has 1 N–H and O–H groups in total. The van der Waals surface area contributed by atoms with Gasteiger partial charge in [0, 0.05) is 5.69 Å². The lowest BCUT2D eigenvalue weighted by Crippen LogP contribution is -2.43. The fourth-order valence-corrected chi connectivity index (χ4v) is 3.70. The SMILES string of the molecule is CCOc1cc([C@@H]2Nc3ccccc3C(=O)N2c2ccccc2OC)ccc1OC. The number of amides is 1. The minimum atomic E-state index is -0.450. The average Bonchev–Trinajstić information content (AvgIpc) is 2.79. The largest absolute Gasteiger partial charge is 0.495 e. The Morgan fingerprint density at radius 2 is 1.63 bits per heavy atom. The first-order valence-corrected chi connectivity index (χ1v) is 9.80. The molecule has 0 unspecified atom stereocenters. The van der Waals surface area contributed by atoms with Gasteiger partial charge in [0.15, 0.2) is 11.5 Å². The van der Waals surface area contributed by atoms with Crippen LogP contribution in [0.25, 0.3) is 0 Å². The highest BCUT2D eigenvalue weighted by molar-refractivity contribution is 6.12. The van der Waals surface area contributed by atoms with Crippen LogP contribution in [-0.4, -0.2) is 26.7 Å². The molecule has 0 saturated heterocycles. The smallest absolute Gasteiger partial charge is 0.262 e. The number of carbonyl (C=O) groups excluding carboxylic acids is 1. The molecule has 1 amide bonds. The maximum Gasteiger partial charge on any atom is 0.262 e. The zero-order valence-electron chi connectivity index (χ0n) is 17.2. The number of carbonyl (C=O) groups is 1. The maximum absolute atomic E-state index is 13.6. The van der Waals surface area contributed by atoms with E-state index in [1.165, 1.54) is 0 Å². The number of ether oxygens (including phenoxy) is 3. The first-order chi connectivity index (χ1) is 14.7. The first kappa shape index (κ1) is 19.6. The highest BCUT2D eigenvalue weighted by Crippen LogP contribution is 2.42. The topological polar surface area (TPSA) is 60.0 Å². The Morgan fingerprint density at radius 3 is 2.40 bits per heavy atom. The molecule has 0 spiro atoms. The second-order valence-corrected chi connectivity index (χ2v) is 6.78. The van der Waals surface area contributed by atoms with Gasteiger partial charge < -0.3 is 19.5 Å². The number of nitrogens with zero attached hydrogens (tertiary/aromatic N) is 1. The highest BCUT2D eigenvalue weighted by Gasteiger charge is 2.35. The summed E-state index contributed by atoms with van der Waals surface area (Å²) in [5.41, 5.74) is 2.95. The minimum Gasteiger partial charge on any atom is -0.495 e. The third kappa shape index (κ3) is 3.41. The highest BCUT2D eigenvalue weighted by atomic mass is 16.5. The predicted molar refractivity (Wildman–Crippen MR) is 117 cm³/mol. The monoisotopic (exact) mass is 404 g/mol. The molecular weight excluding hydrogens is 380 g/mol. The second-order valence-electron chi connectivity index (χ2n) is 6.78. The molecule has 1 heterocycles. The van der Waals surface area contributed by atoms with Crippen LogP contribution in [-0.2, 0) is 0 Å². The summed E-state index contributed by atoms with van der Waals surface area (Å²) in [7, 11) is 3.21. The molecule has 1 atom stereocenters. The van der Waals surface area contributed by atoms with Crippen molar-refractivity contribution in [1.29, 1.82) is 0 Å². The summed E-state index contributed by atoms with van der Waals surface area (Å²) in [5.74, 6) is 1.79. The van der Waals surface area contributed by atoms with Gasteiger partial charge in [-0.25, -0.2) is 0 Å². The summed E-state index contributed by atoms with van der Waals surface area (Å²) in [6, 6.07) is 20.7. The van der Waals surface area contributed by atoms with E-state index >= 15 is 0 Å². The van der Waals surface area contributed by atoms with E-state index < -0.39 is 6.17 Å². The molecule has 3 aromatic carbocycles. The normalized spacial score (nSPS) is 15.2. The molecule has 30 heavy (non-hydrogen) atoms. The number of benzene rings is 3. The van der Waals surface area contributed by atoms with Crippen LogP contribution in [0.3, 0.4) is 0 Å². The van der Waals surface area contributed by atoms with Gasteiger partial charge in [0.05, 0.1) is 32.1 Å². The molecule has 0 bridgehead atoms. The Balaban J connectivity index is 1.87. The van der Waals surface area contributed by atoms with Crippen molar-refractivity contribution in [2.24, 2.45) is 0 Å². The fraction of sp³-hybridized carbons (Fsp3) is 0.208. The Hall–Kier alpha value is -3.67. The Bertz CT molecular complexity index is 1070. The number of nitrogens with one attached hydrogen (secondary N) is 1. The summed E-state index contributed by atoms with van der Waals surface area (Å²) >= 11 is 0. The lowest BCUT2D eigenvalue weighted by atomic mass is 10.0. The van der Waals surface area contributed by atoms with Crippen molar-refractivity contribution in [2.75, 3.05) is 31.0 Å². The Morgan fingerprint density at radius 1 is 0.900 bits per heavy atom. The van der Waals surface area contributed by atoms with Crippen LogP contribution in [0, 0.1) is 0 Å². The zero-order chi connectivity index (χ0) is 21.1. The van der Waals surface area contributed by atoms with E-state index in [1.54, 1.807) is 19.1 Å². The van der Waals surface area contributed by atoms with Crippen molar-refractivity contribution in [2.45, 2.75) is 13.1 Å². The number of hydrogen-bond donors (Lipinski definition) is 1. The van der Waals surface area contributed by atoms with Gasteiger partial charge in [-0.15, -0.1) is 0 Å². The van der Waals surface area contributed by atoms with Gasteiger partial charge in [0.1, 0.15) is 11.9 Å². The van der Waals surface area contributed by atoms with Crippen molar-refractivity contribution in [1.82, 2.24) is 0 Å². The van der Waals surface area contributed by atoms with Crippen molar-refractivity contribution < 1.29 is 19.0 Å². The van der Waals surface area contributed by atoms with Gasteiger partial charge >= 0.3 is 0 Å². The standard InChI is InChI=1S/C24H24N2O4/c1-4-30-22-15-16(13-14-21(22)29-3)23-25-18-10-6-5-9-17(18)24(27)26(23)19-11-7-8-12-20(19)28-2/h5-15,23,25H,4H2,1-3H3/t23-/m1/s1. The third-order valence-corrected chi connectivity index (χ3v) is 5.07. The Labute approximate surface area is 176 Å². The quantitative estimate of drug-likeness (QED) is 0.635. The zero-order valence-corrected chi connectivity index (χ0v) is 17.2. The molecule has 0 fully saturated rings. The number of methoxy groups -OCH3 is 2. The number of anilines is 2. The molecule has 6 nitrogen and oxygen atoms in total. The van der Waals surface area contributed by atoms with Gasteiger partial charge in [-0.3, -0.25) is 9.69 Å². The van der Waals surface area contributed by atoms with Crippen LogP contribution in [0.2, 0.25) is 0 Å². The van der Waals surface area contributed by atoms with Crippen LogP contribution < -0.4 is 24.4 Å². The first-order valence-electron chi connectivity index (χ1n) is 9.80. The van der Waals surface area contributed by atoms with Crippen molar-refractivity contribution >= 4 is 17.3 Å². The summed E-state index contributed by atoms with van der Waals surface area (Å²) in [6.07, 6.45) is -0.450. The number of para-hydroxylation sites is 3. The van der Waals surface area contributed by atoms with Gasteiger partial charge in [0.25, 0.3) is 5.91 Å². The summed E-state index contributed by atoms with van der Waals surface area (Å²) in [6.45, 7) is 2.43. The minimum absolute atomic E-state index is 0.104. The van der Waals surface area contributed by atoms with Crippen LogP contribution in [0.15, 0.2) is 66.7 Å². The molecule has 0 aliphatic carbocycles. The van der Waals surface area contributed by atoms with Crippen LogP contribution in [0.5, 0.6) is 17.2 Å². The lowest BCUT2D eigenvalue weighted by molar-refractivity contribution is 0.0974. The third-order valence-electron chi connectivity index (χ3n) is 5.07. The van der Waals surface area contributed by atoms with E-state index in [1.807, 2.05) is 73.7 Å². The van der Waals surface area contributed by atoms with Crippen LogP contribution in [0.4, 0.5) is 11.4 Å². The Kier molecular flexibility index (Phi) is 5.48. The number of fused-ring (bicyclic) bond motifs is 1. The van der Waals surface area contributed by atoms with E-state index in [9.17, 15) is 4.79 Å². The van der Waals surface area contributed by atoms with Crippen molar-refractivity contribution in [3.8, 4) is 17.2 Å². The van der Waals surface area contributed by atoms with E-state index in [2.05, 4.69) is 5.32 Å². The van der Waals surface area contributed by atoms with Crippen LogP contribution >= 0.6 is 0 Å². The molecule has 154 valence electrons. The van der Waals surface area contributed by atoms with Crippen LogP contribution in [0.1, 0.15) is 29.0 Å². The molecule has 0 aromatic heterocycles. The van der Waals surface area contributed by atoms with E-state index in [0.29, 0.717) is 35.1 Å². The molecule has 1 aliphatic rings. The molecule has 1 aliphatic heterocycles. The fourth-order valence-electron chi connectivity index (χ4n) is 3.70. The van der Waals surface area contributed by atoms with Gasteiger partial charge in [-0.1, -0.05) is 30.3 Å². The molecule has 0 saturated carbocycles. The van der Waals surface area contributed by atoms with Crippen molar-refractivity contribution in [3.63, 3.8) is 0 Å². The molecule has 0 radical (unpaired) electrons. The lowest BCUT2D eigenvalue weighted by Gasteiger charge is -2.38.